The first-order chi connectivity index (χ1) is 11.7. The lowest BCUT2D eigenvalue weighted by molar-refractivity contribution is -0.121. The maximum Gasteiger partial charge on any atom is 0.257 e. The first-order valence-corrected chi connectivity index (χ1v) is 8.17. The number of carbonyl (C=O) groups is 2. The van der Waals surface area contributed by atoms with E-state index in [0.29, 0.717) is 25.2 Å². The smallest absolute Gasteiger partial charge is 0.257 e. The molecule has 0 spiro atoms. The van der Waals surface area contributed by atoms with Gasteiger partial charge in [-0.1, -0.05) is 13.3 Å². The molecule has 0 aliphatic carbocycles. The molecule has 0 aliphatic heterocycles. The molecular formula is C18H23N3O3. The zero-order valence-electron chi connectivity index (χ0n) is 13.9. The quantitative estimate of drug-likeness (QED) is 0.767. The van der Waals surface area contributed by atoms with Crippen LogP contribution in [0.3, 0.4) is 0 Å². The van der Waals surface area contributed by atoms with Gasteiger partial charge in [0.25, 0.3) is 5.91 Å². The molecule has 0 saturated heterocycles. The number of aromatic nitrogens is 1. The molecule has 2 aromatic heterocycles. The molecule has 0 atom stereocenters. The minimum atomic E-state index is -0.0980. The number of amides is 2. The Morgan fingerprint density at radius 2 is 2.00 bits per heavy atom. The highest BCUT2D eigenvalue weighted by molar-refractivity contribution is 5.94. The molecule has 2 aromatic rings. The summed E-state index contributed by atoms with van der Waals surface area (Å²) in [6.45, 7) is 3.57. The van der Waals surface area contributed by atoms with Crippen molar-refractivity contribution in [3.8, 4) is 0 Å². The number of pyridine rings is 1. The van der Waals surface area contributed by atoms with Gasteiger partial charge in [0.1, 0.15) is 6.26 Å². The second kappa shape index (κ2) is 9.50. The molecular weight excluding hydrogens is 306 g/mol. The van der Waals surface area contributed by atoms with E-state index in [1.165, 1.54) is 12.5 Å². The summed E-state index contributed by atoms with van der Waals surface area (Å²) >= 11 is 0. The van der Waals surface area contributed by atoms with E-state index in [2.05, 4.69) is 17.2 Å². The number of nitrogens with one attached hydrogen (secondary N) is 1. The van der Waals surface area contributed by atoms with Crippen molar-refractivity contribution in [2.24, 2.45) is 0 Å². The number of hydrogen-bond acceptors (Lipinski definition) is 4. The normalized spacial score (nSPS) is 10.4. The minimum Gasteiger partial charge on any atom is -0.472 e. The van der Waals surface area contributed by atoms with Crippen LogP contribution in [-0.2, 0) is 11.3 Å². The van der Waals surface area contributed by atoms with Gasteiger partial charge in [0.15, 0.2) is 0 Å². The van der Waals surface area contributed by atoms with Crippen LogP contribution in [0.5, 0.6) is 0 Å². The summed E-state index contributed by atoms with van der Waals surface area (Å²) in [5.41, 5.74) is 1.51. The molecule has 0 bridgehead atoms. The number of carbonyl (C=O) groups excluding carboxylic acids is 2. The Labute approximate surface area is 141 Å². The monoisotopic (exact) mass is 329 g/mol. The summed E-state index contributed by atoms with van der Waals surface area (Å²) in [6.07, 6.45) is 8.47. The van der Waals surface area contributed by atoms with Gasteiger partial charge in [0.2, 0.25) is 5.91 Å². The maximum absolute atomic E-state index is 12.4. The van der Waals surface area contributed by atoms with Crippen LogP contribution in [-0.4, -0.2) is 34.8 Å². The van der Waals surface area contributed by atoms with Crippen molar-refractivity contribution in [3.63, 3.8) is 0 Å². The zero-order chi connectivity index (χ0) is 17.2. The average Bonchev–Trinajstić information content (AvgIpc) is 3.15. The van der Waals surface area contributed by atoms with E-state index in [9.17, 15) is 9.59 Å². The molecule has 24 heavy (non-hydrogen) atoms. The summed E-state index contributed by atoms with van der Waals surface area (Å²) in [7, 11) is 0. The lowest BCUT2D eigenvalue weighted by Crippen LogP contribution is -2.35. The summed E-state index contributed by atoms with van der Waals surface area (Å²) in [4.78, 5) is 30.1. The van der Waals surface area contributed by atoms with E-state index in [-0.39, 0.29) is 18.2 Å². The van der Waals surface area contributed by atoms with E-state index in [1.807, 2.05) is 12.1 Å². The highest BCUT2D eigenvalue weighted by Crippen LogP contribution is 2.08. The molecule has 0 unspecified atom stereocenters. The average molecular weight is 329 g/mol. The Morgan fingerprint density at radius 3 is 2.67 bits per heavy atom. The Bertz CT molecular complexity index is 626. The zero-order valence-corrected chi connectivity index (χ0v) is 13.9. The van der Waals surface area contributed by atoms with Gasteiger partial charge in [-0.3, -0.25) is 14.6 Å². The van der Waals surface area contributed by atoms with Crippen molar-refractivity contribution >= 4 is 11.8 Å². The lowest BCUT2D eigenvalue weighted by atomic mass is 10.2. The van der Waals surface area contributed by atoms with Crippen molar-refractivity contribution in [2.75, 3.05) is 13.1 Å². The van der Waals surface area contributed by atoms with Crippen LogP contribution in [0.2, 0.25) is 0 Å². The van der Waals surface area contributed by atoms with E-state index < -0.39 is 0 Å². The minimum absolute atomic E-state index is 0.0756. The van der Waals surface area contributed by atoms with Crippen LogP contribution in [0.4, 0.5) is 0 Å². The van der Waals surface area contributed by atoms with Crippen LogP contribution in [0.25, 0.3) is 0 Å². The van der Waals surface area contributed by atoms with E-state index in [4.69, 9.17) is 4.42 Å². The van der Waals surface area contributed by atoms with Crippen LogP contribution >= 0.6 is 0 Å². The molecule has 0 aromatic carbocycles. The Kier molecular flexibility index (Phi) is 7.01. The maximum atomic E-state index is 12.4. The molecule has 0 saturated carbocycles. The van der Waals surface area contributed by atoms with Crippen molar-refractivity contribution in [3.05, 3.63) is 54.2 Å². The molecule has 128 valence electrons. The predicted octanol–water partition coefficient (Wildman–Crippen LogP) is 2.62. The fraction of sp³-hybridized carbons (Fsp3) is 0.389. The van der Waals surface area contributed by atoms with Gasteiger partial charge in [-0.2, -0.15) is 0 Å². The van der Waals surface area contributed by atoms with Crippen LogP contribution < -0.4 is 5.32 Å². The molecule has 2 rings (SSSR count). The van der Waals surface area contributed by atoms with Gasteiger partial charge in [0, 0.05) is 38.4 Å². The summed E-state index contributed by atoms with van der Waals surface area (Å²) in [6, 6.07) is 5.36. The van der Waals surface area contributed by atoms with E-state index in [1.54, 1.807) is 23.4 Å². The number of furan rings is 1. The largest absolute Gasteiger partial charge is 0.472 e. The molecule has 6 heteroatoms. The first-order valence-electron chi connectivity index (χ1n) is 8.17. The number of hydrogen-bond donors (Lipinski definition) is 1. The molecule has 6 nitrogen and oxygen atoms in total. The fourth-order valence-electron chi connectivity index (χ4n) is 2.26. The van der Waals surface area contributed by atoms with E-state index in [0.717, 1.165) is 18.4 Å². The fourth-order valence-corrected chi connectivity index (χ4v) is 2.26. The van der Waals surface area contributed by atoms with Gasteiger partial charge >= 0.3 is 0 Å². The molecule has 2 amide bonds. The number of unbranched alkanes of at least 4 members (excludes halogenated alkanes) is 1. The third-order valence-corrected chi connectivity index (χ3v) is 3.68. The van der Waals surface area contributed by atoms with Gasteiger partial charge in [-0.05, 0) is 30.2 Å². The molecule has 1 N–H and O–H groups in total. The standard InChI is InChI=1S/C18H23N3O3/c1-2-3-10-21(18(23)16-7-12-24-14-16)11-6-17(22)20-13-15-4-8-19-9-5-15/h4-5,7-9,12,14H,2-3,6,10-11,13H2,1H3,(H,20,22). The summed E-state index contributed by atoms with van der Waals surface area (Å²) in [5, 5.41) is 2.86. The summed E-state index contributed by atoms with van der Waals surface area (Å²) in [5.74, 6) is -0.174. The molecule has 0 radical (unpaired) electrons. The van der Waals surface area contributed by atoms with Gasteiger partial charge in [-0.25, -0.2) is 0 Å². The topological polar surface area (TPSA) is 75.4 Å². The number of nitrogens with zero attached hydrogens (tertiary/aromatic N) is 2. The third-order valence-electron chi connectivity index (χ3n) is 3.68. The molecule has 0 aliphatic rings. The third kappa shape index (κ3) is 5.53. The Hall–Kier alpha value is -2.63. The first kappa shape index (κ1) is 17.7. The second-order valence-electron chi connectivity index (χ2n) is 5.54. The van der Waals surface area contributed by atoms with Crippen LogP contribution in [0.1, 0.15) is 42.1 Å². The predicted molar refractivity (Wildman–Crippen MR) is 90.2 cm³/mol. The molecule has 0 fully saturated rings. The van der Waals surface area contributed by atoms with Crippen molar-refractivity contribution in [1.29, 1.82) is 0 Å². The Morgan fingerprint density at radius 1 is 1.21 bits per heavy atom. The number of rotatable bonds is 9. The molecule has 2 heterocycles. The highest BCUT2D eigenvalue weighted by atomic mass is 16.3. The van der Waals surface area contributed by atoms with E-state index >= 15 is 0 Å². The van der Waals surface area contributed by atoms with Crippen LogP contribution in [0.15, 0.2) is 47.5 Å². The van der Waals surface area contributed by atoms with Gasteiger partial charge < -0.3 is 14.6 Å². The van der Waals surface area contributed by atoms with Gasteiger partial charge in [0.05, 0.1) is 11.8 Å². The van der Waals surface area contributed by atoms with Gasteiger partial charge in [-0.15, -0.1) is 0 Å². The highest BCUT2D eigenvalue weighted by Gasteiger charge is 2.17. The Balaban J connectivity index is 1.83. The van der Waals surface area contributed by atoms with Crippen LogP contribution in [0, 0.1) is 0 Å². The second-order valence-corrected chi connectivity index (χ2v) is 5.54. The lowest BCUT2D eigenvalue weighted by Gasteiger charge is -2.21. The SMILES string of the molecule is CCCCN(CCC(=O)NCc1ccncc1)C(=O)c1ccoc1. The summed E-state index contributed by atoms with van der Waals surface area (Å²) < 4.78 is 4.97. The van der Waals surface area contributed by atoms with Crippen molar-refractivity contribution in [1.82, 2.24) is 15.2 Å². The van der Waals surface area contributed by atoms with Crippen molar-refractivity contribution < 1.29 is 14.0 Å². The van der Waals surface area contributed by atoms with Crippen molar-refractivity contribution in [2.45, 2.75) is 32.7 Å².